The van der Waals surface area contributed by atoms with E-state index in [0.29, 0.717) is 24.3 Å². The van der Waals surface area contributed by atoms with E-state index in [1.54, 1.807) is 6.20 Å². The van der Waals surface area contributed by atoms with Crippen LogP contribution in [0.1, 0.15) is 67.9 Å². The second-order valence-electron chi connectivity index (χ2n) is 6.88. The Labute approximate surface area is 136 Å². The molecule has 3 rings (SSSR count). The fraction of sp³-hybridized carbons (Fsp3) is 0.706. The Kier molecular flexibility index (Phi) is 4.41. The number of carboxylic acids is 1. The van der Waals surface area contributed by atoms with Gasteiger partial charge in [-0.3, -0.25) is 9.48 Å². The third kappa shape index (κ3) is 2.99. The minimum atomic E-state index is -1.12. The number of aryl methyl sites for hydroxylation is 1. The lowest BCUT2D eigenvalue weighted by Crippen LogP contribution is -2.56. The van der Waals surface area contributed by atoms with Crippen LogP contribution in [0.5, 0.6) is 0 Å². The van der Waals surface area contributed by atoms with Gasteiger partial charge in [0, 0.05) is 6.54 Å². The summed E-state index contributed by atoms with van der Waals surface area (Å²) in [7, 11) is 0. The van der Waals surface area contributed by atoms with E-state index in [0.717, 1.165) is 50.8 Å². The average molecular weight is 319 g/mol. The maximum absolute atomic E-state index is 12.7. The molecular formula is C17H25N3O3. The quantitative estimate of drug-likeness (QED) is 0.892. The van der Waals surface area contributed by atoms with Gasteiger partial charge in [-0.05, 0) is 50.9 Å². The topological polar surface area (TPSA) is 84.2 Å². The Balaban J connectivity index is 1.77. The van der Waals surface area contributed by atoms with Gasteiger partial charge >= 0.3 is 5.97 Å². The predicted molar refractivity (Wildman–Crippen MR) is 85.2 cm³/mol. The summed E-state index contributed by atoms with van der Waals surface area (Å²) < 4.78 is 1.87. The third-order valence-corrected chi connectivity index (χ3v) is 5.53. The number of hydrogen-bond acceptors (Lipinski definition) is 3. The summed E-state index contributed by atoms with van der Waals surface area (Å²) >= 11 is 0. The Morgan fingerprint density at radius 1 is 1.39 bits per heavy atom. The third-order valence-electron chi connectivity index (χ3n) is 5.53. The van der Waals surface area contributed by atoms with E-state index in [1.807, 2.05) is 4.68 Å². The lowest BCUT2D eigenvalue weighted by Gasteiger charge is -2.37. The van der Waals surface area contributed by atoms with Crippen LogP contribution < -0.4 is 5.32 Å². The Bertz CT molecular complexity index is 600. The molecule has 23 heavy (non-hydrogen) atoms. The molecule has 1 fully saturated rings. The first-order chi connectivity index (χ1) is 11.1. The average Bonchev–Trinajstić information content (AvgIpc) is 2.99. The van der Waals surface area contributed by atoms with Crippen molar-refractivity contribution in [3.8, 4) is 0 Å². The maximum atomic E-state index is 12.7. The number of fused-ring (bicyclic) bond motifs is 1. The number of amides is 1. The highest BCUT2D eigenvalue weighted by molar-refractivity contribution is 5.98. The van der Waals surface area contributed by atoms with Gasteiger partial charge in [-0.2, -0.15) is 5.10 Å². The molecular weight excluding hydrogens is 294 g/mol. The van der Waals surface area contributed by atoms with Gasteiger partial charge in [-0.25, -0.2) is 4.79 Å². The lowest BCUT2D eigenvalue weighted by molar-refractivity contribution is -0.146. The lowest BCUT2D eigenvalue weighted by atomic mass is 9.75. The highest BCUT2D eigenvalue weighted by atomic mass is 16.4. The van der Waals surface area contributed by atoms with Crippen LogP contribution in [0.4, 0.5) is 0 Å². The van der Waals surface area contributed by atoms with Gasteiger partial charge in [0.25, 0.3) is 5.91 Å². The number of aromatic nitrogens is 2. The normalized spacial score (nSPS) is 27.3. The molecule has 1 amide bonds. The van der Waals surface area contributed by atoms with Gasteiger partial charge in [0.05, 0.1) is 17.5 Å². The van der Waals surface area contributed by atoms with E-state index in [9.17, 15) is 14.7 Å². The zero-order valence-corrected chi connectivity index (χ0v) is 13.7. The molecule has 2 heterocycles. The van der Waals surface area contributed by atoms with Crippen molar-refractivity contribution in [1.29, 1.82) is 0 Å². The highest BCUT2D eigenvalue weighted by Crippen LogP contribution is 2.34. The second kappa shape index (κ2) is 6.34. The van der Waals surface area contributed by atoms with E-state index in [2.05, 4.69) is 17.3 Å². The predicted octanol–water partition coefficient (Wildman–Crippen LogP) is 2.37. The molecule has 2 N–H and O–H groups in total. The van der Waals surface area contributed by atoms with Crippen molar-refractivity contribution in [1.82, 2.24) is 15.1 Å². The zero-order valence-electron chi connectivity index (χ0n) is 13.7. The molecule has 0 aromatic carbocycles. The molecule has 6 heteroatoms. The number of hydrogen-bond donors (Lipinski definition) is 2. The number of nitrogens with one attached hydrogen (secondary N) is 1. The summed E-state index contributed by atoms with van der Waals surface area (Å²) in [5, 5.41) is 16.8. The minimum Gasteiger partial charge on any atom is -0.480 e. The first-order valence-electron chi connectivity index (χ1n) is 8.66. The molecule has 2 aliphatic rings. The molecule has 0 radical (unpaired) electrons. The number of carbonyl (C=O) groups excluding carboxylic acids is 1. The van der Waals surface area contributed by atoms with Gasteiger partial charge in [0.15, 0.2) is 0 Å². The van der Waals surface area contributed by atoms with Crippen LogP contribution in [0, 0.1) is 5.92 Å². The van der Waals surface area contributed by atoms with Crippen molar-refractivity contribution >= 4 is 11.9 Å². The molecule has 1 aliphatic carbocycles. The molecule has 6 nitrogen and oxygen atoms in total. The molecule has 0 spiro atoms. The highest BCUT2D eigenvalue weighted by Gasteiger charge is 2.43. The van der Waals surface area contributed by atoms with Crippen molar-refractivity contribution in [3.05, 3.63) is 17.5 Å². The van der Waals surface area contributed by atoms with Crippen LogP contribution in [-0.4, -0.2) is 32.3 Å². The standard InChI is InChI=1S/C17H25N3O3/c1-2-12-6-8-17(9-7-12,16(22)23)19-15(21)13-11-18-20-10-4-3-5-14(13)20/h11-12H,2-10H2,1H3,(H,19,21)(H,22,23). The molecule has 0 atom stereocenters. The molecule has 1 aromatic rings. The SMILES string of the molecule is CCC1CCC(NC(=O)c2cnn3c2CCCC3)(C(=O)O)CC1. The molecule has 1 aromatic heterocycles. The van der Waals surface area contributed by atoms with E-state index >= 15 is 0 Å². The van der Waals surface area contributed by atoms with E-state index in [1.165, 1.54) is 0 Å². The van der Waals surface area contributed by atoms with Crippen molar-refractivity contribution in [2.75, 3.05) is 0 Å². The Hall–Kier alpha value is -1.85. The van der Waals surface area contributed by atoms with Crippen molar-refractivity contribution in [2.45, 2.75) is 70.4 Å². The number of nitrogens with zero attached hydrogens (tertiary/aromatic N) is 2. The van der Waals surface area contributed by atoms with Gasteiger partial charge in [0.1, 0.15) is 5.54 Å². The molecule has 0 saturated heterocycles. The summed E-state index contributed by atoms with van der Waals surface area (Å²) in [5.74, 6) is -0.629. The zero-order chi connectivity index (χ0) is 16.4. The number of rotatable bonds is 4. The molecule has 0 bridgehead atoms. The second-order valence-corrected chi connectivity index (χ2v) is 6.88. The van der Waals surface area contributed by atoms with Crippen LogP contribution in [0.25, 0.3) is 0 Å². The fourth-order valence-electron chi connectivity index (χ4n) is 3.87. The summed E-state index contributed by atoms with van der Waals surface area (Å²) in [6.07, 6.45) is 8.35. The molecule has 1 saturated carbocycles. The largest absolute Gasteiger partial charge is 0.480 e. The summed E-state index contributed by atoms with van der Waals surface area (Å²) in [6, 6.07) is 0. The first-order valence-corrected chi connectivity index (χ1v) is 8.66. The van der Waals surface area contributed by atoms with Gasteiger partial charge < -0.3 is 10.4 Å². The van der Waals surface area contributed by atoms with Gasteiger partial charge in [-0.1, -0.05) is 13.3 Å². The minimum absolute atomic E-state index is 0.287. The van der Waals surface area contributed by atoms with Gasteiger partial charge in [-0.15, -0.1) is 0 Å². The van der Waals surface area contributed by atoms with Crippen LogP contribution in [0.2, 0.25) is 0 Å². The van der Waals surface area contributed by atoms with Gasteiger partial charge in [0.2, 0.25) is 0 Å². The maximum Gasteiger partial charge on any atom is 0.329 e. The Morgan fingerprint density at radius 2 is 2.13 bits per heavy atom. The van der Waals surface area contributed by atoms with Crippen LogP contribution >= 0.6 is 0 Å². The number of carboxylic acid groups (broad SMARTS) is 1. The first kappa shape index (κ1) is 16.0. The number of carbonyl (C=O) groups is 2. The Morgan fingerprint density at radius 3 is 2.78 bits per heavy atom. The molecule has 126 valence electrons. The van der Waals surface area contributed by atoms with E-state index in [4.69, 9.17) is 0 Å². The van der Waals surface area contributed by atoms with Crippen LogP contribution in [0.15, 0.2) is 6.20 Å². The van der Waals surface area contributed by atoms with E-state index < -0.39 is 11.5 Å². The summed E-state index contributed by atoms with van der Waals surface area (Å²) in [6.45, 7) is 2.97. The molecule has 0 unspecified atom stereocenters. The van der Waals surface area contributed by atoms with E-state index in [-0.39, 0.29) is 5.91 Å². The number of aliphatic carboxylic acids is 1. The summed E-state index contributed by atoms with van der Waals surface area (Å²) in [5.41, 5.74) is 0.367. The summed E-state index contributed by atoms with van der Waals surface area (Å²) in [4.78, 5) is 24.5. The van der Waals surface area contributed by atoms with Crippen LogP contribution in [0.3, 0.4) is 0 Å². The molecule has 1 aliphatic heterocycles. The van der Waals surface area contributed by atoms with Crippen molar-refractivity contribution in [2.24, 2.45) is 5.92 Å². The van der Waals surface area contributed by atoms with Crippen molar-refractivity contribution in [3.63, 3.8) is 0 Å². The fourth-order valence-corrected chi connectivity index (χ4v) is 3.87. The smallest absolute Gasteiger partial charge is 0.329 e. The monoisotopic (exact) mass is 319 g/mol. The van der Waals surface area contributed by atoms with Crippen LogP contribution in [-0.2, 0) is 17.8 Å². The van der Waals surface area contributed by atoms with Crippen molar-refractivity contribution < 1.29 is 14.7 Å².